The normalized spacial score (nSPS) is 16.8. The van der Waals surface area contributed by atoms with E-state index in [-0.39, 0.29) is 5.92 Å². The Kier molecular flexibility index (Phi) is 3.36. The van der Waals surface area contributed by atoms with Crippen molar-refractivity contribution in [1.82, 2.24) is 0 Å². The molecule has 2 atom stereocenters. The molecule has 0 saturated carbocycles. The molecular weight excluding hydrogens is 112 g/mol. The fraction of sp³-hybridized carbons (Fsp3) is 0.750. The van der Waals surface area contributed by atoms with E-state index in [1.165, 1.54) is 0 Å². The second kappa shape index (κ2) is 3.54. The monoisotopic (exact) mass is 128 g/mol. The summed E-state index contributed by atoms with van der Waals surface area (Å²) in [5.41, 5.74) is 0. The average molecular weight is 128 g/mol. The van der Waals surface area contributed by atoms with Crippen LogP contribution in [0.15, 0.2) is 12.3 Å². The van der Waals surface area contributed by atoms with E-state index >= 15 is 0 Å². The molecule has 0 amide bonds. The molecule has 0 aromatic rings. The van der Waals surface area contributed by atoms with Gasteiger partial charge in [0, 0.05) is 5.92 Å². The van der Waals surface area contributed by atoms with Crippen molar-refractivity contribution >= 4 is 0 Å². The molecule has 0 bridgehead atoms. The second-order valence-electron chi connectivity index (χ2n) is 2.67. The first-order valence-electron chi connectivity index (χ1n) is 3.47. The third-order valence-corrected chi connectivity index (χ3v) is 2.02. The van der Waals surface area contributed by atoms with Gasteiger partial charge < -0.3 is 5.11 Å². The minimum atomic E-state index is 0.245. The number of hydrogen-bond donors (Lipinski definition) is 1. The predicted molar refractivity (Wildman–Crippen MR) is 40.4 cm³/mol. The van der Waals surface area contributed by atoms with Crippen molar-refractivity contribution in [3.8, 4) is 0 Å². The van der Waals surface area contributed by atoms with Crippen LogP contribution >= 0.6 is 0 Å². The van der Waals surface area contributed by atoms with E-state index in [0.29, 0.717) is 11.7 Å². The van der Waals surface area contributed by atoms with Gasteiger partial charge in [-0.15, -0.1) is 0 Å². The number of aliphatic hydroxyl groups is 1. The number of allylic oxidation sites excluding steroid dienone is 1. The van der Waals surface area contributed by atoms with Gasteiger partial charge in [0.15, 0.2) is 0 Å². The first kappa shape index (κ1) is 8.54. The maximum atomic E-state index is 8.93. The molecule has 0 radical (unpaired) electrons. The van der Waals surface area contributed by atoms with Crippen molar-refractivity contribution < 1.29 is 5.11 Å². The lowest BCUT2D eigenvalue weighted by molar-refractivity contribution is 0.284. The Morgan fingerprint density at radius 2 is 2.00 bits per heavy atom. The largest absolute Gasteiger partial charge is 0.513 e. The predicted octanol–water partition coefficient (Wildman–Crippen LogP) is 2.74. The van der Waals surface area contributed by atoms with Crippen LogP contribution in [0.3, 0.4) is 0 Å². The van der Waals surface area contributed by atoms with Gasteiger partial charge in [0.1, 0.15) is 0 Å². The highest BCUT2D eigenvalue weighted by Crippen LogP contribution is 2.18. The lowest BCUT2D eigenvalue weighted by Crippen LogP contribution is -2.08. The molecule has 0 saturated heterocycles. The quantitative estimate of drug-likeness (QED) is 0.579. The van der Waals surface area contributed by atoms with Gasteiger partial charge >= 0.3 is 0 Å². The molecule has 0 rings (SSSR count). The Morgan fingerprint density at radius 3 is 2.11 bits per heavy atom. The van der Waals surface area contributed by atoms with Gasteiger partial charge in [-0.2, -0.15) is 0 Å². The van der Waals surface area contributed by atoms with Crippen molar-refractivity contribution in [2.75, 3.05) is 0 Å². The van der Waals surface area contributed by atoms with E-state index in [9.17, 15) is 0 Å². The van der Waals surface area contributed by atoms with E-state index in [0.717, 1.165) is 6.42 Å². The van der Waals surface area contributed by atoms with Gasteiger partial charge in [-0.25, -0.2) is 0 Å². The Hall–Kier alpha value is -0.460. The molecule has 0 aromatic carbocycles. The van der Waals surface area contributed by atoms with Crippen LogP contribution in [0.25, 0.3) is 0 Å². The second-order valence-corrected chi connectivity index (χ2v) is 2.67. The Bertz CT molecular complexity index is 96.7. The Balaban J connectivity index is 3.72. The highest BCUT2D eigenvalue weighted by Gasteiger charge is 2.11. The number of aliphatic hydroxyl groups excluding tert-OH is 1. The standard InChI is InChI=1S/C8H16O/c1-5-6(2)7(3)8(4)9/h6-7,9H,4-5H2,1-3H3/t6?,7-/m0/s1. The summed E-state index contributed by atoms with van der Waals surface area (Å²) in [4.78, 5) is 0. The highest BCUT2D eigenvalue weighted by atomic mass is 16.3. The summed E-state index contributed by atoms with van der Waals surface area (Å²) < 4.78 is 0. The maximum absolute atomic E-state index is 8.93. The van der Waals surface area contributed by atoms with E-state index in [1.807, 2.05) is 6.92 Å². The molecule has 0 aliphatic heterocycles. The summed E-state index contributed by atoms with van der Waals surface area (Å²) in [7, 11) is 0. The molecule has 1 unspecified atom stereocenters. The van der Waals surface area contributed by atoms with Gasteiger partial charge in [-0.3, -0.25) is 0 Å². The zero-order chi connectivity index (χ0) is 7.44. The Labute approximate surface area is 57.4 Å². The van der Waals surface area contributed by atoms with E-state index < -0.39 is 0 Å². The molecule has 0 aliphatic carbocycles. The fourth-order valence-corrected chi connectivity index (χ4v) is 0.682. The molecule has 0 spiro atoms. The van der Waals surface area contributed by atoms with Crippen molar-refractivity contribution in [3.05, 3.63) is 12.3 Å². The van der Waals surface area contributed by atoms with Crippen LogP contribution < -0.4 is 0 Å². The van der Waals surface area contributed by atoms with Gasteiger partial charge in [0.05, 0.1) is 5.76 Å². The van der Waals surface area contributed by atoms with Crippen LogP contribution in [-0.4, -0.2) is 5.11 Å². The molecule has 1 nitrogen and oxygen atoms in total. The maximum Gasteiger partial charge on any atom is 0.0881 e. The summed E-state index contributed by atoms with van der Waals surface area (Å²) in [5, 5.41) is 8.93. The van der Waals surface area contributed by atoms with Crippen molar-refractivity contribution in [3.63, 3.8) is 0 Å². The first-order valence-corrected chi connectivity index (χ1v) is 3.47. The van der Waals surface area contributed by atoms with Crippen molar-refractivity contribution in [1.29, 1.82) is 0 Å². The number of rotatable bonds is 3. The molecule has 54 valence electrons. The molecule has 1 heteroatoms. The van der Waals surface area contributed by atoms with Gasteiger partial charge in [0.2, 0.25) is 0 Å². The van der Waals surface area contributed by atoms with Crippen LogP contribution in [0.2, 0.25) is 0 Å². The summed E-state index contributed by atoms with van der Waals surface area (Å²) in [6.45, 7) is 9.71. The van der Waals surface area contributed by atoms with E-state index in [4.69, 9.17) is 5.11 Å². The molecule has 0 aliphatic rings. The third-order valence-electron chi connectivity index (χ3n) is 2.02. The van der Waals surface area contributed by atoms with Crippen LogP contribution in [0, 0.1) is 11.8 Å². The van der Waals surface area contributed by atoms with Crippen LogP contribution in [-0.2, 0) is 0 Å². The zero-order valence-corrected chi connectivity index (χ0v) is 6.52. The van der Waals surface area contributed by atoms with Crippen LogP contribution in [0.1, 0.15) is 27.2 Å². The molecule has 0 fully saturated rings. The smallest absolute Gasteiger partial charge is 0.0881 e. The minimum Gasteiger partial charge on any atom is -0.513 e. The van der Waals surface area contributed by atoms with Crippen molar-refractivity contribution in [2.45, 2.75) is 27.2 Å². The SMILES string of the molecule is C=C(O)[C@@H](C)C(C)CC. The van der Waals surface area contributed by atoms with E-state index in [2.05, 4.69) is 20.4 Å². The molecular formula is C8H16O. The minimum absolute atomic E-state index is 0.245. The lowest BCUT2D eigenvalue weighted by Gasteiger charge is -2.15. The summed E-state index contributed by atoms with van der Waals surface area (Å²) in [6.07, 6.45) is 1.10. The third kappa shape index (κ3) is 2.54. The summed E-state index contributed by atoms with van der Waals surface area (Å²) in [5.74, 6) is 1.10. The molecule has 0 heterocycles. The topological polar surface area (TPSA) is 20.2 Å². The van der Waals surface area contributed by atoms with E-state index in [1.54, 1.807) is 0 Å². The average Bonchev–Trinajstić information content (AvgIpc) is 1.84. The van der Waals surface area contributed by atoms with Crippen molar-refractivity contribution in [2.24, 2.45) is 11.8 Å². The van der Waals surface area contributed by atoms with Gasteiger partial charge in [-0.1, -0.05) is 33.8 Å². The lowest BCUT2D eigenvalue weighted by atomic mass is 9.92. The Morgan fingerprint density at radius 1 is 1.56 bits per heavy atom. The zero-order valence-electron chi connectivity index (χ0n) is 6.52. The summed E-state index contributed by atoms with van der Waals surface area (Å²) >= 11 is 0. The van der Waals surface area contributed by atoms with Crippen LogP contribution in [0.4, 0.5) is 0 Å². The van der Waals surface area contributed by atoms with Crippen LogP contribution in [0.5, 0.6) is 0 Å². The van der Waals surface area contributed by atoms with Gasteiger partial charge in [-0.05, 0) is 5.92 Å². The molecule has 9 heavy (non-hydrogen) atoms. The number of hydrogen-bond acceptors (Lipinski definition) is 1. The fourth-order valence-electron chi connectivity index (χ4n) is 0.682. The van der Waals surface area contributed by atoms with Gasteiger partial charge in [0.25, 0.3) is 0 Å². The first-order chi connectivity index (χ1) is 4.09. The molecule has 0 aromatic heterocycles. The summed E-state index contributed by atoms with van der Waals surface area (Å²) in [6, 6.07) is 0. The molecule has 1 N–H and O–H groups in total. The highest BCUT2D eigenvalue weighted by molar-refractivity contribution is 4.87.